The molecule has 1 fully saturated rings. The molecular weight excluding hydrogens is 440 g/mol. The maximum atomic E-state index is 13.9. The van der Waals surface area contributed by atoms with E-state index in [4.69, 9.17) is 18.6 Å². The lowest BCUT2D eigenvalue weighted by atomic mass is 9.54. The molecule has 4 aliphatic rings. The van der Waals surface area contributed by atoms with Crippen LogP contribution >= 0.6 is 0 Å². The van der Waals surface area contributed by atoms with E-state index >= 15 is 0 Å². The van der Waals surface area contributed by atoms with Crippen molar-refractivity contribution in [2.75, 3.05) is 13.7 Å². The predicted octanol–water partition coefficient (Wildman–Crippen LogP) is 3.71. The third kappa shape index (κ3) is 2.93. The highest BCUT2D eigenvalue weighted by Gasteiger charge is 2.64. The highest BCUT2D eigenvalue weighted by atomic mass is 16.6. The maximum Gasteiger partial charge on any atom is 0.342 e. The molecule has 0 bridgehead atoms. The highest BCUT2D eigenvalue weighted by Crippen LogP contribution is 2.61. The van der Waals surface area contributed by atoms with E-state index in [2.05, 4.69) is 0 Å². The Kier molecular flexibility index (Phi) is 5.35. The van der Waals surface area contributed by atoms with Gasteiger partial charge in [0.15, 0.2) is 5.76 Å². The van der Waals surface area contributed by atoms with Crippen molar-refractivity contribution >= 4 is 23.5 Å². The number of hydrogen-bond acceptors (Lipinski definition) is 8. The van der Waals surface area contributed by atoms with E-state index in [0.29, 0.717) is 42.4 Å². The van der Waals surface area contributed by atoms with Gasteiger partial charge in [0.1, 0.15) is 29.8 Å². The molecule has 182 valence electrons. The minimum atomic E-state index is -0.993. The van der Waals surface area contributed by atoms with E-state index in [1.165, 1.54) is 13.4 Å². The first-order valence-electron chi connectivity index (χ1n) is 12.0. The van der Waals surface area contributed by atoms with Gasteiger partial charge in [0.2, 0.25) is 5.78 Å². The molecule has 5 atom stereocenters. The number of ether oxygens (including phenoxy) is 3. The van der Waals surface area contributed by atoms with Crippen molar-refractivity contribution in [3.8, 4) is 0 Å². The van der Waals surface area contributed by atoms with Crippen LogP contribution in [0, 0.1) is 11.3 Å². The van der Waals surface area contributed by atoms with Gasteiger partial charge in [-0.15, -0.1) is 0 Å². The fourth-order valence-corrected chi connectivity index (χ4v) is 6.62. The number of rotatable bonds is 6. The van der Waals surface area contributed by atoms with Crippen LogP contribution in [0.15, 0.2) is 21.8 Å². The number of unbranched alkanes of at least 4 members (excludes halogenated alkanes) is 1. The van der Waals surface area contributed by atoms with Gasteiger partial charge in [0, 0.05) is 48.8 Å². The molecule has 8 nitrogen and oxygen atoms in total. The van der Waals surface area contributed by atoms with Crippen molar-refractivity contribution in [1.29, 1.82) is 0 Å². The van der Waals surface area contributed by atoms with Gasteiger partial charge < -0.3 is 18.6 Å². The van der Waals surface area contributed by atoms with Crippen molar-refractivity contribution < 1.29 is 37.8 Å². The van der Waals surface area contributed by atoms with Crippen LogP contribution in [0.25, 0.3) is 0 Å². The van der Waals surface area contributed by atoms with Crippen LogP contribution < -0.4 is 0 Å². The number of hydrogen-bond donors (Lipinski definition) is 0. The third-order valence-corrected chi connectivity index (χ3v) is 8.40. The summed E-state index contributed by atoms with van der Waals surface area (Å²) in [5.74, 6) is -1.40. The number of fused-ring (bicyclic) bond motifs is 3. The fraction of sp³-hybridized carbons (Fsp3) is 0.615. The Bertz CT molecular complexity index is 1130. The van der Waals surface area contributed by atoms with E-state index in [1.807, 2.05) is 20.8 Å². The largest absolute Gasteiger partial charge is 0.460 e. The van der Waals surface area contributed by atoms with Gasteiger partial charge in [-0.05, 0) is 25.3 Å². The molecule has 1 aromatic heterocycles. The first kappa shape index (κ1) is 23.0. The second kappa shape index (κ2) is 7.90. The molecule has 5 rings (SSSR count). The molecule has 34 heavy (non-hydrogen) atoms. The van der Waals surface area contributed by atoms with E-state index < -0.39 is 29.0 Å². The Morgan fingerprint density at radius 1 is 1.24 bits per heavy atom. The minimum absolute atomic E-state index is 0.0751. The van der Waals surface area contributed by atoms with Crippen LogP contribution in [0.5, 0.6) is 0 Å². The second-order valence-electron chi connectivity index (χ2n) is 10.3. The number of carbonyl (C=O) groups is 4. The Morgan fingerprint density at radius 2 is 2.00 bits per heavy atom. The summed E-state index contributed by atoms with van der Waals surface area (Å²) in [6.45, 7) is 5.85. The molecule has 2 heterocycles. The summed E-state index contributed by atoms with van der Waals surface area (Å²) < 4.78 is 22.9. The number of Topliss-reactive ketones (excluding diaryl/α,β-unsaturated/α-hetero) is 2. The molecule has 1 saturated carbocycles. The lowest BCUT2D eigenvalue weighted by molar-refractivity contribution is -0.152. The Hall–Kier alpha value is -2.74. The van der Waals surface area contributed by atoms with Gasteiger partial charge in [-0.3, -0.25) is 14.4 Å². The number of carbonyl (C=O) groups excluding carboxylic acids is 4. The molecule has 3 aliphatic carbocycles. The molecule has 1 aliphatic heterocycles. The molecule has 0 radical (unpaired) electrons. The van der Waals surface area contributed by atoms with Gasteiger partial charge in [0.25, 0.3) is 0 Å². The van der Waals surface area contributed by atoms with Crippen molar-refractivity contribution in [2.24, 2.45) is 11.3 Å². The standard InChI is InChI=1S/C26H30O8/c1-5-6-7-18(28)33-15-10-25(2)14(8-9-16(25)27)19-21(15)26(3)17(12-31-4)34-24(30)13-11-32-23(20(13)26)22(19)29/h11,14-15,17H,5-10,12H2,1-4H3/t14-,15+,17+,25-,26-/m0/s1. The number of furan rings is 1. The molecule has 8 heteroatoms. The fourth-order valence-electron chi connectivity index (χ4n) is 6.62. The molecule has 0 unspecified atom stereocenters. The van der Waals surface area contributed by atoms with E-state index in [9.17, 15) is 19.2 Å². The summed E-state index contributed by atoms with van der Waals surface area (Å²) in [7, 11) is 1.52. The van der Waals surface area contributed by atoms with Gasteiger partial charge in [-0.25, -0.2) is 4.79 Å². The van der Waals surface area contributed by atoms with Crippen LogP contribution in [0.2, 0.25) is 0 Å². The van der Waals surface area contributed by atoms with Crippen molar-refractivity contribution in [3.05, 3.63) is 34.3 Å². The van der Waals surface area contributed by atoms with Crippen LogP contribution in [0.3, 0.4) is 0 Å². The second-order valence-corrected chi connectivity index (χ2v) is 10.3. The molecule has 0 N–H and O–H groups in total. The zero-order chi connectivity index (χ0) is 24.4. The van der Waals surface area contributed by atoms with E-state index in [1.54, 1.807) is 0 Å². The highest BCUT2D eigenvalue weighted by molar-refractivity contribution is 6.14. The Balaban J connectivity index is 1.73. The minimum Gasteiger partial charge on any atom is -0.460 e. The zero-order valence-electron chi connectivity index (χ0n) is 20.0. The molecule has 0 aromatic carbocycles. The number of ketones is 2. The van der Waals surface area contributed by atoms with E-state index in [-0.39, 0.29) is 47.8 Å². The summed E-state index contributed by atoms with van der Waals surface area (Å²) >= 11 is 0. The summed E-state index contributed by atoms with van der Waals surface area (Å²) in [6.07, 6.45) is 2.73. The number of allylic oxidation sites excluding steroid dienone is 1. The number of cyclic esters (lactones) is 1. The van der Waals surface area contributed by atoms with Gasteiger partial charge >= 0.3 is 11.9 Å². The average molecular weight is 471 g/mol. The smallest absolute Gasteiger partial charge is 0.342 e. The average Bonchev–Trinajstić information content (AvgIpc) is 3.37. The van der Waals surface area contributed by atoms with Crippen LogP contribution in [-0.2, 0) is 29.2 Å². The van der Waals surface area contributed by atoms with Gasteiger partial charge in [-0.1, -0.05) is 20.3 Å². The van der Waals surface area contributed by atoms with Crippen molar-refractivity contribution in [2.45, 2.75) is 76.9 Å². The predicted molar refractivity (Wildman–Crippen MR) is 118 cm³/mol. The Morgan fingerprint density at radius 3 is 2.71 bits per heavy atom. The van der Waals surface area contributed by atoms with Crippen molar-refractivity contribution in [3.63, 3.8) is 0 Å². The topological polar surface area (TPSA) is 109 Å². The first-order chi connectivity index (χ1) is 16.2. The lowest BCUT2D eigenvalue weighted by Crippen LogP contribution is -2.57. The van der Waals surface area contributed by atoms with E-state index in [0.717, 1.165) is 6.42 Å². The SMILES string of the molecule is CCCCC(=O)O[C@@H]1C[C@]2(C)C(=O)CC[C@H]2C2=C1[C@]1(C)c3c(coc3C2=O)C(=O)O[C@@H]1COC. The van der Waals surface area contributed by atoms with Gasteiger partial charge in [-0.2, -0.15) is 0 Å². The summed E-state index contributed by atoms with van der Waals surface area (Å²) in [5.41, 5.74) is -0.0240. The van der Waals surface area contributed by atoms with Gasteiger partial charge in [0.05, 0.1) is 12.0 Å². The lowest BCUT2D eigenvalue weighted by Gasteiger charge is -2.51. The Labute approximate surface area is 198 Å². The summed E-state index contributed by atoms with van der Waals surface area (Å²) in [5, 5.41) is 0. The molecule has 0 saturated heterocycles. The summed E-state index contributed by atoms with van der Waals surface area (Å²) in [4.78, 5) is 52.4. The first-order valence-corrected chi connectivity index (χ1v) is 12.0. The van der Waals surface area contributed by atoms with Crippen LogP contribution in [0.1, 0.15) is 85.8 Å². The van der Waals surface area contributed by atoms with Crippen LogP contribution in [0.4, 0.5) is 0 Å². The number of esters is 2. The zero-order valence-corrected chi connectivity index (χ0v) is 20.0. The quantitative estimate of drug-likeness (QED) is 0.579. The summed E-state index contributed by atoms with van der Waals surface area (Å²) in [6, 6.07) is 0. The molecule has 0 spiro atoms. The number of methoxy groups -OCH3 is 1. The molecule has 1 aromatic rings. The monoisotopic (exact) mass is 470 g/mol. The third-order valence-electron chi connectivity index (χ3n) is 8.40. The maximum absolute atomic E-state index is 13.9. The van der Waals surface area contributed by atoms with Crippen LogP contribution in [-0.4, -0.2) is 49.4 Å². The normalized spacial score (nSPS) is 33.9. The molecular formula is C26H30O8. The molecule has 0 amide bonds. The van der Waals surface area contributed by atoms with Crippen molar-refractivity contribution in [1.82, 2.24) is 0 Å².